The van der Waals surface area contributed by atoms with Crippen LogP contribution in [0.5, 0.6) is 0 Å². The molecule has 2 aromatic heterocycles. The number of aromatic nitrogens is 2. The van der Waals surface area contributed by atoms with Crippen molar-refractivity contribution in [3.63, 3.8) is 0 Å². The number of hydrogen-bond acceptors (Lipinski definition) is 6. The fourth-order valence-electron chi connectivity index (χ4n) is 3.24. The zero-order chi connectivity index (χ0) is 20.3. The number of ether oxygens (including phenoxy) is 1. The zero-order valence-corrected chi connectivity index (χ0v) is 16.9. The molecule has 1 saturated heterocycles. The number of H-pyrrole nitrogens is 1. The second-order valence-electron chi connectivity index (χ2n) is 6.77. The molecule has 1 aliphatic heterocycles. The van der Waals surface area contributed by atoms with E-state index < -0.39 is 10.0 Å². The summed E-state index contributed by atoms with van der Waals surface area (Å²) in [6, 6.07) is 12.9. The van der Waals surface area contributed by atoms with Gasteiger partial charge in [-0.2, -0.15) is 0 Å². The predicted molar refractivity (Wildman–Crippen MR) is 107 cm³/mol. The lowest BCUT2D eigenvalue weighted by atomic mass is 10.1. The average molecular weight is 415 g/mol. The third kappa shape index (κ3) is 4.31. The van der Waals surface area contributed by atoms with Crippen LogP contribution in [0.4, 0.5) is 5.82 Å². The van der Waals surface area contributed by atoms with Crippen molar-refractivity contribution in [3.05, 3.63) is 60.0 Å². The van der Waals surface area contributed by atoms with Gasteiger partial charge in [-0.3, -0.25) is 4.90 Å². The van der Waals surface area contributed by atoms with Crippen LogP contribution < -0.4 is 14.6 Å². The van der Waals surface area contributed by atoms with Gasteiger partial charge in [-0.15, -0.1) is 0 Å². The van der Waals surface area contributed by atoms with E-state index in [1.807, 2.05) is 30.3 Å². The number of nitrogens with one attached hydrogen (secondary N) is 2. The minimum Gasteiger partial charge on any atom is -0.373 e. The molecule has 0 aliphatic carbocycles. The summed E-state index contributed by atoms with van der Waals surface area (Å²) in [6.45, 7) is 4.74. The molecular formula is C20H23N4O4S+. The lowest BCUT2D eigenvalue weighted by Gasteiger charge is -2.21. The van der Waals surface area contributed by atoms with Gasteiger partial charge in [0.25, 0.3) is 5.82 Å². The molecule has 1 aliphatic rings. The topological polar surface area (TPSA) is 98.8 Å². The maximum absolute atomic E-state index is 12.8. The van der Waals surface area contributed by atoms with Crippen molar-refractivity contribution in [1.82, 2.24) is 9.88 Å². The van der Waals surface area contributed by atoms with E-state index in [1.165, 1.54) is 6.20 Å². The van der Waals surface area contributed by atoms with E-state index in [4.69, 9.17) is 9.26 Å². The van der Waals surface area contributed by atoms with Crippen LogP contribution in [0.25, 0.3) is 11.3 Å². The summed E-state index contributed by atoms with van der Waals surface area (Å²) >= 11 is 0. The molecule has 29 heavy (non-hydrogen) atoms. The number of anilines is 1. The van der Waals surface area contributed by atoms with Crippen LogP contribution in [0, 0.1) is 6.92 Å². The van der Waals surface area contributed by atoms with E-state index in [0.717, 1.165) is 24.5 Å². The van der Waals surface area contributed by atoms with E-state index in [0.29, 0.717) is 30.2 Å². The number of hydrogen-bond donors (Lipinski definition) is 1. The van der Waals surface area contributed by atoms with Crippen LogP contribution in [-0.4, -0.2) is 39.9 Å². The molecule has 0 amide bonds. The molecular weight excluding hydrogens is 392 g/mol. The first kappa shape index (κ1) is 19.6. The van der Waals surface area contributed by atoms with E-state index >= 15 is 0 Å². The van der Waals surface area contributed by atoms with Crippen LogP contribution >= 0.6 is 0 Å². The molecule has 0 radical (unpaired) electrons. The van der Waals surface area contributed by atoms with Crippen LogP contribution in [-0.2, 0) is 21.3 Å². The van der Waals surface area contributed by atoms with Gasteiger partial charge >= 0.3 is 0 Å². The Bertz CT molecular complexity index is 1060. The van der Waals surface area contributed by atoms with Gasteiger partial charge in [0.1, 0.15) is 35.6 Å². The number of nitrogens with zero attached hydrogens (tertiary/aromatic N) is 2. The Morgan fingerprint density at radius 2 is 1.90 bits per heavy atom. The van der Waals surface area contributed by atoms with Crippen molar-refractivity contribution in [3.8, 4) is 11.3 Å². The molecule has 9 heteroatoms. The van der Waals surface area contributed by atoms with Crippen molar-refractivity contribution in [2.24, 2.45) is 0 Å². The van der Waals surface area contributed by atoms with E-state index in [1.54, 1.807) is 19.1 Å². The Balaban J connectivity index is 1.49. The number of pyridine rings is 1. The summed E-state index contributed by atoms with van der Waals surface area (Å²) in [5, 5.41) is 4.09. The summed E-state index contributed by atoms with van der Waals surface area (Å²) in [4.78, 5) is 5.37. The quantitative estimate of drug-likeness (QED) is 0.659. The molecule has 3 aromatic rings. The Hall–Kier alpha value is -2.75. The molecule has 4 rings (SSSR count). The monoisotopic (exact) mass is 415 g/mol. The van der Waals surface area contributed by atoms with Crippen molar-refractivity contribution < 1.29 is 22.7 Å². The molecule has 152 valence electrons. The van der Waals surface area contributed by atoms with Crippen LogP contribution in [0.3, 0.4) is 0 Å². The maximum atomic E-state index is 12.8. The van der Waals surface area contributed by atoms with E-state index in [-0.39, 0.29) is 11.4 Å². The average Bonchev–Trinajstić information content (AvgIpc) is 3.14. The molecule has 0 unspecified atom stereocenters. The minimum atomic E-state index is -3.69. The Kier molecular flexibility index (Phi) is 5.61. The number of benzene rings is 1. The molecule has 3 heterocycles. The molecule has 0 spiro atoms. The Labute approximate surface area is 169 Å². The molecule has 1 fully saturated rings. The third-order valence-corrected chi connectivity index (χ3v) is 6.30. The van der Waals surface area contributed by atoms with Gasteiger partial charge < -0.3 is 9.26 Å². The number of morpholine rings is 1. The SMILES string of the molecule is Cc1onc(-c2ccccc2)c1CNS(=O)(=O)c1ccc(N2CCOCC2)[nH+]c1. The van der Waals surface area contributed by atoms with Gasteiger partial charge in [0, 0.05) is 23.7 Å². The first-order valence-corrected chi connectivity index (χ1v) is 10.9. The number of aromatic amines is 1. The summed E-state index contributed by atoms with van der Waals surface area (Å²) in [7, 11) is -3.69. The normalized spacial score (nSPS) is 14.9. The smallest absolute Gasteiger partial charge is 0.274 e. The predicted octanol–water partition coefficient (Wildman–Crippen LogP) is 1.78. The number of aryl methyl sites for hydroxylation is 1. The second-order valence-corrected chi connectivity index (χ2v) is 8.53. The van der Waals surface area contributed by atoms with Gasteiger partial charge in [-0.05, 0) is 13.0 Å². The van der Waals surface area contributed by atoms with Gasteiger partial charge in [-0.25, -0.2) is 18.1 Å². The standard InChI is InChI=1S/C20H22N4O4S/c1-15-18(20(23-28-15)16-5-3-2-4-6-16)14-22-29(25,26)17-7-8-19(21-13-17)24-9-11-27-12-10-24/h2-8,13,22H,9-12,14H2,1H3/p+1. The van der Waals surface area contributed by atoms with Gasteiger partial charge in [0.2, 0.25) is 10.0 Å². The summed E-state index contributed by atoms with van der Waals surface area (Å²) < 4.78 is 38.8. The highest BCUT2D eigenvalue weighted by Crippen LogP contribution is 2.25. The highest BCUT2D eigenvalue weighted by Gasteiger charge is 2.23. The van der Waals surface area contributed by atoms with Crippen molar-refractivity contribution in [1.29, 1.82) is 0 Å². The first-order valence-electron chi connectivity index (χ1n) is 9.39. The second kappa shape index (κ2) is 8.32. The molecule has 0 atom stereocenters. The van der Waals surface area contributed by atoms with Crippen LogP contribution in [0.2, 0.25) is 0 Å². The number of sulfonamides is 1. The van der Waals surface area contributed by atoms with Gasteiger partial charge in [-0.1, -0.05) is 35.5 Å². The van der Waals surface area contributed by atoms with Crippen molar-refractivity contribution in [2.75, 3.05) is 31.2 Å². The lowest BCUT2D eigenvalue weighted by molar-refractivity contribution is -0.367. The molecule has 0 bridgehead atoms. The highest BCUT2D eigenvalue weighted by atomic mass is 32.2. The highest BCUT2D eigenvalue weighted by molar-refractivity contribution is 7.89. The lowest BCUT2D eigenvalue weighted by Crippen LogP contribution is -2.39. The minimum absolute atomic E-state index is 0.0904. The maximum Gasteiger partial charge on any atom is 0.274 e. The molecule has 0 saturated carbocycles. The Morgan fingerprint density at radius 3 is 2.59 bits per heavy atom. The first-order chi connectivity index (χ1) is 14.0. The van der Waals surface area contributed by atoms with Crippen molar-refractivity contribution >= 4 is 15.8 Å². The molecule has 8 nitrogen and oxygen atoms in total. The summed E-state index contributed by atoms with van der Waals surface area (Å²) in [5.41, 5.74) is 2.23. The van der Waals surface area contributed by atoms with E-state index in [9.17, 15) is 8.42 Å². The zero-order valence-electron chi connectivity index (χ0n) is 16.1. The summed E-state index contributed by atoms with van der Waals surface area (Å²) in [6.07, 6.45) is 1.51. The van der Waals surface area contributed by atoms with Crippen molar-refractivity contribution in [2.45, 2.75) is 18.4 Å². The number of rotatable bonds is 6. The van der Waals surface area contributed by atoms with Gasteiger partial charge in [0.15, 0.2) is 0 Å². The third-order valence-electron chi connectivity index (χ3n) is 4.90. The fraction of sp³-hybridized carbons (Fsp3) is 0.300. The summed E-state index contributed by atoms with van der Waals surface area (Å²) in [5.74, 6) is 1.45. The van der Waals surface area contributed by atoms with Crippen LogP contribution in [0.15, 0.2) is 58.1 Å². The van der Waals surface area contributed by atoms with Gasteiger partial charge in [0.05, 0.1) is 13.2 Å². The Morgan fingerprint density at radius 1 is 1.14 bits per heavy atom. The molecule has 1 aromatic carbocycles. The van der Waals surface area contributed by atoms with E-state index in [2.05, 4.69) is 19.8 Å². The molecule has 2 N–H and O–H groups in total. The fourth-order valence-corrected chi connectivity index (χ4v) is 4.21. The largest absolute Gasteiger partial charge is 0.373 e. The van der Waals surface area contributed by atoms with Crippen LogP contribution in [0.1, 0.15) is 11.3 Å².